The Morgan fingerprint density at radius 3 is 1.96 bits per heavy atom. The number of piperidine rings is 1. The maximum Gasteiger partial charge on any atom is 0.261 e. The summed E-state index contributed by atoms with van der Waals surface area (Å²) in [7, 11) is -2.53. The van der Waals surface area contributed by atoms with Crippen LogP contribution in [-0.4, -0.2) is 33.3 Å². The molecule has 1 saturated carbocycles. The molecule has 2 aromatic rings. The highest BCUT2D eigenvalue weighted by atomic mass is 28.4. The van der Waals surface area contributed by atoms with Gasteiger partial charge in [0, 0.05) is 25.9 Å². The summed E-state index contributed by atoms with van der Waals surface area (Å²) in [6, 6.07) is 21.6. The largest absolute Gasteiger partial charge is 0.403 e. The second-order valence-corrected chi connectivity index (χ2v) is 13.9. The Morgan fingerprint density at radius 1 is 0.964 bits per heavy atom. The van der Waals surface area contributed by atoms with Crippen molar-refractivity contribution >= 4 is 24.5 Å². The highest BCUT2D eigenvalue weighted by molar-refractivity contribution is 6.99. The third-order valence-electron chi connectivity index (χ3n) is 6.44. The fourth-order valence-electron chi connectivity index (χ4n) is 5.20. The zero-order chi connectivity index (χ0) is 19.8. The van der Waals surface area contributed by atoms with Crippen molar-refractivity contribution in [1.82, 2.24) is 5.32 Å². The number of nitrogens with one attached hydrogen (secondary N) is 1. The summed E-state index contributed by atoms with van der Waals surface area (Å²) in [6.45, 7) is 8.76. The molecule has 1 unspecified atom stereocenters. The predicted octanol–water partition coefficient (Wildman–Crippen LogP) is 3.27. The molecule has 0 amide bonds. The average Bonchev–Trinajstić information content (AvgIpc) is 2.66. The Hall–Kier alpha value is -1.75. The monoisotopic (exact) mass is 393 g/mol. The van der Waals surface area contributed by atoms with Gasteiger partial charge in [-0.25, -0.2) is 0 Å². The van der Waals surface area contributed by atoms with E-state index in [4.69, 9.17) is 4.43 Å². The molecule has 0 bridgehead atoms. The molecule has 3 nitrogen and oxygen atoms in total. The van der Waals surface area contributed by atoms with E-state index < -0.39 is 8.32 Å². The van der Waals surface area contributed by atoms with E-state index in [2.05, 4.69) is 86.8 Å². The topological polar surface area (TPSA) is 38.3 Å². The van der Waals surface area contributed by atoms with E-state index in [9.17, 15) is 4.79 Å². The molecule has 1 spiro atoms. The van der Waals surface area contributed by atoms with Crippen molar-refractivity contribution in [2.24, 2.45) is 5.41 Å². The minimum absolute atomic E-state index is 0.0181. The average molecular weight is 394 g/mol. The quantitative estimate of drug-likeness (QED) is 0.810. The van der Waals surface area contributed by atoms with Gasteiger partial charge >= 0.3 is 0 Å². The van der Waals surface area contributed by atoms with Gasteiger partial charge in [-0.15, -0.1) is 0 Å². The van der Waals surface area contributed by atoms with Crippen LogP contribution in [0.4, 0.5) is 0 Å². The van der Waals surface area contributed by atoms with Crippen LogP contribution in [-0.2, 0) is 9.22 Å². The molecule has 1 atom stereocenters. The summed E-state index contributed by atoms with van der Waals surface area (Å²) < 4.78 is 7.25. The third-order valence-corrected chi connectivity index (χ3v) is 11.5. The molecule has 2 aliphatic rings. The minimum atomic E-state index is -2.53. The summed E-state index contributed by atoms with van der Waals surface area (Å²) in [5.74, 6) is 0.396. The zero-order valence-corrected chi connectivity index (χ0v) is 18.2. The molecule has 0 radical (unpaired) electrons. The molecule has 1 aliphatic heterocycles. The van der Waals surface area contributed by atoms with Crippen molar-refractivity contribution in [1.29, 1.82) is 0 Å². The van der Waals surface area contributed by atoms with Gasteiger partial charge in [0.25, 0.3) is 8.32 Å². The predicted molar refractivity (Wildman–Crippen MR) is 117 cm³/mol. The number of carbonyl (C=O) groups excluding carboxylic acids is 1. The first kappa shape index (κ1) is 19.6. The molecule has 1 heterocycles. The first-order valence-electron chi connectivity index (χ1n) is 10.4. The highest BCUT2D eigenvalue weighted by Gasteiger charge is 2.54. The van der Waals surface area contributed by atoms with Crippen molar-refractivity contribution in [2.45, 2.75) is 51.2 Å². The van der Waals surface area contributed by atoms with Gasteiger partial charge in [-0.05, 0) is 27.2 Å². The Labute approximate surface area is 169 Å². The number of carbonyl (C=O) groups is 1. The van der Waals surface area contributed by atoms with Gasteiger partial charge < -0.3 is 9.74 Å². The summed E-state index contributed by atoms with van der Waals surface area (Å²) in [5, 5.41) is 6.19. The van der Waals surface area contributed by atoms with Crippen LogP contribution in [0.2, 0.25) is 5.04 Å². The van der Waals surface area contributed by atoms with E-state index in [1.54, 1.807) is 0 Å². The Bertz CT molecular complexity index is 781. The number of Topliss-reactive ketones (excluding diaryl/α,β-unsaturated/α-hetero) is 1. The smallest absolute Gasteiger partial charge is 0.261 e. The van der Waals surface area contributed by atoms with Crippen molar-refractivity contribution in [3.63, 3.8) is 0 Å². The van der Waals surface area contributed by atoms with Gasteiger partial charge in [-0.1, -0.05) is 81.4 Å². The van der Waals surface area contributed by atoms with Gasteiger partial charge in [0.2, 0.25) is 0 Å². The molecule has 1 aliphatic carbocycles. The number of benzene rings is 2. The summed E-state index contributed by atoms with van der Waals surface area (Å²) >= 11 is 0. The van der Waals surface area contributed by atoms with Gasteiger partial charge in [0.1, 0.15) is 5.78 Å². The Morgan fingerprint density at radius 2 is 1.50 bits per heavy atom. The van der Waals surface area contributed by atoms with Crippen molar-refractivity contribution in [3.05, 3.63) is 60.7 Å². The molecule has 148 valence electrons. The van der Waals surface area contributed by atoms with Crippen LogP contribution in [0, 0.1) is 5.41 Å². The van der Waals surface area contributed by atoms with Crippen LogP contribution in [0.5, 0.6) is 0 Å². The first-order valence-corrected chi connectivity index (χ1v) is 12.3. The lowest BCUT2D eigenvalue weighted by molar-refractivity contribution is -0.135. The van der Waals surface area contributed by atoms with Crippen LogP contribution >= 0.6 is 0 Å². The lowest BCUT2D eigenvalue weighted by Gasteiger charge is -2.51. The van der Waals surface area contributed by atoms with E-state index in [-0.39, 0.29) is 16.6 Å². The van der Waals surface area contributed by atoms with Crippen molar-refractivity contribution in [3.8, 4) is 0 Å². The van der Waals surface area contributed by atoms with Gasteiger partial charge in [0.05, 0.1) is 6.10 Å². The molecule has 0 aromatic heterocycles. The maximum absolute atomic E-state index is 11.7. The van der Waals surface area contributed by atoms with Crippen LogP contribution in [0.15, 0.2) is 60.7 Å². The second kappa shape index (κ2) is 7.25. The molecule has 28 heavy (non-hydrogen) atoms. The van der Waals surface area contributed by atoms with E-state index in [0.29, 0.717) is 18.6 Å². The number of hydrogen-bond donors (Lipinski definition) is 1. The number of hydrogen-bond acceptors (Lipinski definition) is 3. The summed E-state index contributed by atoms with van der Waals surface area (Å²) in [5.41, 5.74) is 0.116. The summed E-state index contributed by atoms with van der Waals surface area (Å²) in [6.07, 6.45) is 2.53. The molecule has 4 heteroatoms. The molecule has 1 saturated heterocycles. The van der Waals surface area contributed by atoms with E-state index in [0.717, 1.165) is 19.5 Å². The zero-order valence-electron chi connectivity index (χ0n) is 17.2. The lowest BCUT2D eigenvalue weighted by atomic mass is 9.63. The first-order chi connectivity index (χ1) is 13.3. The fraction of sp³-hybridized carbons (Fsp3) is 0.458. The van der Waals surface area contributed by atoms with E-state index in [1.165, 1.54) is 10.4 Å². The molecule has 1 N–H and O–H groups in total. The minimum Gasteiger partial charge on any atom is -0.403 e. The number of ketones is 1. The standard InChI is InChI=1S/C24H31NO2Si/c1-23(2,3)28(21-10-6-4-7-11-21,22-12-8-5-9-13-22)27-20-16-24(18-25-17-20)14-19(26)15-24/h4-13,20,25H,14-18H2,1-3H3. The highest BCUT2D eigenvalue weighted by Crippen LogP contribution is 2.45. The van der Waals surface area contributed by atoms with E-state index >= 15 is 0 Å². The van der Waals surface area contributed by atoms with Gasteiger partial charge in [0.15, 0.2) is 0 Å². The molecular weight excluding hydrogens is 362 g/mol. The van der Waals surface area contributed by atoms with Crippen LogP contribution < -0.4 is 15.7 Å². The normalized spacial score (nSPS) is 22.1. The molecule has 2 aromatic carbocycles. The van der Waals surface area contributed by atoms with Crippen molar-refractivity contribution < 1.29 is 9.22 Å². The molecule has 2 fully saturated rings. The second-order valence-electron chi connectivity index (χ2n) is 9.63. The van der Waals surface area contributed by atoms with Crippen molar-refractivity contribution in [2.75, 3.05) is 13.1 Å². The Kier molecular flexibility index (Phi) is 5.06. The van der Waals surface area contributed by atoms with Crippen LogP contribution in [0.3, 0.4) is 0 Å². The fourth-order valence-corrected chi connectivity index (χ4v) is 9.89. The van der Waals surface area contributed by atoms with Crippen LogP contribution in [0.1, 0.15) is 40.0 Å². The summed E-state index contributed by atoms with van der Waals surface area (Å²) in [4.78, 5) is 11.7. The lowest BCUT2D eigenvalue weighted by Crippen LogP contribution is -2.69. The SMILES string of the molecule is CC(C)(C)[Si](OC1CNCC2(CC(=O)C2)C1)(c1ccccc1)c1ccccc1. The maximum atomic E-state index is 11.7. The molecule has 4 rings (SSSR count). The van der Waals surface area contributed by atoms with Gasteiger partial charge in [-0.2, -0.15) is 0 Å². The van der Waals surface area contributed by atoms with Gasteiger partial charge in [-0.3, -0.25) is 4.79 Å². The van der Waals surface area contributed by atoms with E-state index in [1.807, 2.05) is 0 Å². The Balaban J connectivity index is 1.76. The molecular formula is C24H31NO2Si. The number of rotatable bonds is 4. The van der Waals surface area contributed by atoms with Crippen LogP contribution in [0.25, 0.3) is 0 Å². The third kappa shape index (κ3) is 3.38.